The first-order chi connectivity index (χ1) is 8.58. The molecule has 0 radical (unpaired) electrons. The molecule has 0 unspecified atom stereocenters. The highest BCUT2D eigenvalue weighted by atomic mass is 16.2. The molecule has 1 aromatic carbocycles. The van der Waals surface area contributed by atoms with Crippen LogP contribution in [0.25, 0.3) is 0 Å². The summed E-state index contributed by atoms with van der Waals surface area (Å²) in [5.41, 5.74) is 6.93. The first kappa shape index (κ1) is 12.4. The molecule has 1 saturated heterocycles. The zero-order valence-corrected chi connectivity index (χ0v) is 10.1. The van der Waals surface area contributed by atoms with Crippen LogP contribution in [-0.2, 0) is 4.79 Å². The van der Waals surface area contributed by atoms with Crippen LogP contribution in [0, 0.1) is 0 Å². The number of amides is 3. The van der Waals surface area contributed by atoms with Crippen LogP contribution < -0.4 is 21.3 Å². The zero-order chi connectivity index (χ0) is 13.1. The summed E-state index contributed by atoms with van der Waals surface area (Å²) in [6.45, 7) is 2.94. The van der Waals surface area contributed by atoms with Gasteiger partial charge in [0.05, 0.1) is 6.04 Å². The Hall–Kier alpha value is -2.08. The van der Waals surface area contributed by atoms with Crippen molar-refractivity contribution in [1.82, 2.24) is 5.32 Å². The average Bonchev–Trinajstić information content (AvgIpc) is 2.76. The molecule has 6 heteroatoms. The maximum atomic E-state index is 11.5. The molecular weight excluding hydrogens is 232 g/mol. The third-order valence-electron chi connectivity index (χ3n) is 2.72. The fraction of sp³-hybridized carbons (Fsp3) is 0.333. The highest BCUT2D eigenvalue weighted by Crippen LogP contribution is 2.19. The number of benzene rings is 1. The Kier molecular flexibility index (Phi) is 3.47. The smallest absolute Gasteiger partial charge is 0.321 e. The summed E-state index contributed by atoms with van der Waals surface area (Å²) in [7, 11) is 0. The van der Waals surface area contributed by atoms with Gasteiger partial charge in [0.1, 0.15) is 0 Å². The molecule has 1 aromatic rings. The highest BCUT2D eigenvalue weighted by molar-refractivity contribution is 5.96. The molecule has 6 nitrogen and oxygen atoms in total. The summed E-state index contributed by atoms with van der Waals surface area (Å²) < 4.78 is 0. The lowest BCUT2D eigenvalue weighted by Crippen LogP contribution is -2.32. The fourth-order valence-corrected chi connectivity index (χ4v) is 1.70. The molecule has 1 fully saturated rings. The topological polar surface area (TPSA) is 87.5 Å². The summed E-state index contributed by atoms with van der Waals surface area (Å²) in [6.07, 6.45) is 0. The maximum Gasteiger partial charge on any atom is 0.321 e. The van der Waals surface area contributed by atoms with Crippen LogP contribution in [-0.4, -0.2) is 31.1 Å². The lowest BCUT2D eigenvalue weighted by Gasteiger charge is -2.15. The SMILES string of the molecule is C[C@H](N)C(=O)Nc1ccc(N2CCNC2=O)cc1. The Labute approximate surface area is 105 Å². The van der Waals surface area contributed by atoms with E-state index in [0.717, 1.165) is 5.69 Å². The summed E-state index contributed by atoms with van der Waals surface area (Å²) in [6, 6.07) is 6.45. The molecule has 1 aliphatic heterocycles. The van der Waals surface area contributed by atoms with Gasteiger partial charge in [-0.05, 0) is 31.2 Å². The number of carbonyl (C=O) groups excluding carboxylic acids is 2. The third kappa shape index (κ3) is 2.60. The van der Waals surface area contributed by atoms with E-state index in [1.807, 2.05) is 0 Å². The third-order valence-corrected chi connectivity index (χ3v) is 2.72. The molecule has 0 aromatic heterocycles. The van der Waals surface area contributed by atoms with Gasteiger partial charge >= 0.3 is 6.03 Å². The van der Waals surface area contributed by atoms with Crippen LogP contribution in [0.3, 0.4) is 0 Å². The molecule has 4 N–H and O–H groups in total. The largest absolute Gasteiger partial charge is 0.336 e. The normalized spacial score (nSPS) is 16.3. The van der Waals surface area contributed by atoms with E-state index in [-0.39, 0.29) is 11.9 Å². The molecule has 0 bridgehead atoms. The van der Waals surface area contributed by atoms with Crippen LogP contribution in [0.5, 0.6) is 0 Å². The van der Waals surface area contributed by atoms with Gasteiger partial charge in [0.25, 0.3) is 0 Å². The van der Waals surface area contributed by atoms with Crippen molar-refractivity contribution in [3.05, 3.63) is 24.3 Å². The van der Waals surface area contributed by atoms with Gasteiger partial charge in [-0.3, -0.25) is 9.69 Å². The minimum atomic E-state index is -0.547. The Morgan fingerprint density at radius 2 is 2.11 bits per heavy atom. The molecule has 2 rings (SSSR count). The maximum absolute atomic E-state index is 11.5. The summed E-state index contributed by atoms with van der Waals surface area (Å²) in [5, 5.41) is 5.42. The second-order valence-electron chi connectivity index (χ2n) is 4.21. The van der Waals surface area contributed by atoms with Crippen molar-refractivity contribution in [2.24, 2.45) is 5.73 Å². The van der Waals surface area contributed by atoms with Crippen LogP contribution in [0.4, 0.5) is 16.2 Å². The van der Waals surface area contributed by atoms with E-state index in [1.165, 1.54) is 0 Å². The summed E-state index contributed by atoms with van der Waals surface area (Å²) >= 11 is 0. The van der Waals surface area contributed by atoms with E-state index < -0.39 is 6.04 Å². The van der Waals surface area contributed by atoms with E-state index in [4.69, 9.17) is 5.73 Å². The molecule has 1 heterocycles. The second-order valence-corrected chi connectivity index (χ2v) is 4.21. The number of nitrogens with zero attached hydrogens (tertiary/aromatic N) is 1. The standard InChI is InChI=1S/C12H16N4O2/c1-8(13)11(17)15-9-2-4-10(5-3-9)16-7-6-14-12(16)18/h2-5,8H,6-7,13H2,1H3,(H,14,18)(H,15,17)/t8-/m0/s1. The van der Waals surface area contributed by atoms with E-state index >= 15 is 0 Å². The van der Waals surface area contributed by atoms with Gasteiger partial charge in [-0.15, -0.1) is 0 Å². The molecule has 0 aliphatic carbocycles. The van der Waals surface area contributed by atoms with Gasteiger partial charge in [-0.25, -0.2) is 4.79 Å². The van der Waals surface area contributed by atoms with Crippen LogP contribution in [0.15, 0.2) is 24.3 Å². The Morgan fingerprint density at radius 1 is 1.44 bits per heavy atom. The average molecular weight is 248 g/mol. The molecule has 96 valence electrons. The van der Waals surface area contributed by atoms with Crippen LogP contribution in [0.1, 0.15) is 6.92 Å². The molecule has 1 atom stereocenters. The Morgan fingerprint density at radius 3 is 2.61 bits per heavy atom. The number of hydrogen-bond donors (Lipinski definition) is 3. The van der Waals surface area contributed by atoms with Crippen LogP contribution in [0.2, 0.25) is 0 Å². The van der Waals surface area contributed by atoms with Crippen molar-refractivity contribution in [2.45, 2.75) is 13.0 Å². The van der Waals surface area contributed by atoms with Crippen molar-refractivity contribution in [3.63, 3.8) is 0 Å². The highest BCUT2D eigenvalue weighted by Gasteiger charge is 2.20. The fourth-order valence-electron chi connectivity index (χ4n) is 1.70. The lowest BCUT2D eigenvalue weighted by atomic mass is 10.2. The van der Waals surface area contributed by atoms with E-state index in [0.29, 0.717) is 18.8 Å². The molecular formula is C12H16N4O2. The van der Waals surface area contributed by atoms with Gasteiger partial charge in [0.15, 0.2) is 0 Å². The van der Waals surface area contributed by atoms with E-state index in [9.17, 15) is 9.59 Å². The van der Waals surface area contributed by atoms with Gasteiger partial charge < -0.3 is 16.4 Å². The van der Waals surface area contributed by atoms with Crippen LogP contribution >= 0.6 is 0 Å². The second kappa shape index (κ2) is 5.05. The number of hydrogen-bond acceptors (Lipinski definition) is 3. The van der Waals surface area contributed by atoms with Crippen molar-refractivity contribution < 1.29 is 9.59 Å². The molecule has 1 aliphatic rings. The first-order valence-electron chi connectivity index (χ1n) is 5.80. The molecule has 0 saturated carbocycles. The minimum absolute atomic E-state index is 0.0950. The number of rotatable bonds is 3. The van der Waals surface area contributed by atoms with Crippen molar-refractivity contribution >= 4 is 23.3 Å². The summed E-state index contributed by atoms with van der Waals surface area (Å²) in [5.74, 6) is -0.235. The number of carbonyl (C=O) groups is 2. The Bertz CT molecular complexity index is 456. The zero-order valence-electron chi connectivity index (χ0n) is 10.1. The monoisotopic (exact) mass is 248 g/mol. The Balaban J connectivity index is 2.06. The quantitative estimate of drug-likeness (QED) is 0.728. The van der Waals surface area contributed by atoms with Gasteiger partial charge in [0, 0.05) is 24.5 Å². The van der Waals surface area contributed by atoms with Gasteiger partial charge in [-0.1, -0.05) is 0 Å². The lowest BCUT2D eigenvalue weighted by molar-refractivity contribution is -0.117. The number of urea groups is 1. The van der Waals surface area contributed by atoms with Crippen molar-refractivity contribution in [1.29, 1.82) is 0 Å². The van der Waals surface area contributed by atoms with Crippen molar-refractivity contribution in [2.75, 3.05) is 23.3 Å². The summed E-state index contributed by atoms with van der Waals surface area (Å²) in [4.78, 5) is 24.5. The van der Waals surface area contributed by atoms with Crippen molar-refractivity contribution in [3.8, 4) is 0 Å². The van der Waals surface area contributed by atoms with Gasteiger partial charge in [-0.2, -0.15) is 0 Å². The first-order valence-corrected chi connectivity index (χ1v) is 5.80. The van der Waals surface area contributed by atoms with E-state index in [2.05, 4.69) is 10.6 Å². The number of nitrogens with two attached hydrogens (primary N) is 1. The molecule has 0 spiro atoms. The minimum Gasteiger partial charge on any atom is -0.336 e. The van der Waals surface area contributed by atoms with Gasteiger partial charge in [0.2, 0.25) is 5.91 Å². The van der Waals surface area contributed by atoms with E-state index in [1.54, 1.807) is 36.1 Å². The predicted octanol–water partition coefficient (Wildman–Crippen LogP) is 0.502. The number of nitrogens with one attached hydrogen (secondary N) is 2. The predicted molar refractivity (Wildman–Crippen MR) is 69.5 cm³/mol. The number of anilines is 2. The molecule has 3 amide bonds. The molecule has 18 heavy (non-hydrogen) atoms.